The van der Waals surface area contributed by atoms with E-state index in [0.29, 0.717) is 22.6 Å². The highest BCUT2D eigenvalue weighted by atomic mass is 19.1. The van der Waals surface area contributed by atoms with Crippen molar-refractivity contribution in [2.75, 3.05) is 7.11 Å². The lowest BCUT2D eigenvalue weighted by atomic mass is 10.1. The third-order valence-corrected chi connectivity index (χ3v) is 4.29. The lowest BCUT2D eigenvalue weighted by molar-refractivity contribution is 0.104. The van der Waals surface area contributed by atoms with Gasteiger partial charge in [0.05, 0.1) is 18.4 Å². The molecule has 0 fully saturated rings. The van der Waals surface area contributed by atoms with Gasteiger partial charge < -0.3 is 9.47 Å². The summed E-state index contributed by atoms with van der Waals surface area (Å²) in [5.41, 5.74) is 2.60. The number of hydrogen-bond acceptors (Lipinski definition) is 4. The van der Waals surface area contributed by atoms with Gasteiger partial charge in [-0.3, -0.25) is 9.48 Å². The Balaban J connectivity index is 1.77. The minimum Gasteiger partial charge on any atom is -0.496 e. The van der Waals surface area contributed by atoms with Gasteiger partial charge in [0.1, 0.15) is 18.2 Å². The number of ketones is 1. The smallest absolute Gasteiger partial charge is 0.189 e. The first-order valence-corrected chi connectivity index (χ1v) is 8.85. The Labute approximate surface area is 167 Å². The summed E-state index contributed by atoms with van der Waals surface area (Å²) in [6.45, 7) is 1.79. The number of halogens is 2. The summed E-state index contributed by atoms with van der Waals surface area (Å²) in [7, 11) is 3.27. The largest absolute Gasteiger partial charge is 0.496 e. The molecule has 7 heteroatoms. The standard InChI is InChI=1S/C22H20F2N2O3/c1-14-18(12-26(2)25-14)20(27)7-4-15-5-8-21(28-3)16(10-15)13-29-22-9-6-17(23)11-19(22)24/h4-12H,13H2,1-3H3/b7-4+. The van der Waals surface area contributed by atoms with Crippen molar-refractivity contribution >= 4 is 11.9 Å². The first-order valence-electron chi connectivity index (χ1n) is 8.85. The Morgan fingerprint density at radius 2 is 1.93 bits per heavy atom. The average molecular weight is 398 g/mol. The molecule has 2 aromatic carbocycles. The van der Waals surface area contributed by atoms with Crippen LogP contribution in [0, 0.1) is 18.6 Å². The first-order chi connectivity index (χ1) is 13.9. The number of aryl methyl sites for hydroxylation is 2. The number of rotatable bonds is 7. The third-order valence-electron chi connectivity index (χ3n) is 4.29. The zero-order valence-corrected chi connectivity index (χ0v) is 16.3. The van der Waals surface area contributed by atoms with Crippen LogP contribution in [0.3, 0.4) is 0 Å². The Morgan fingerprint density at radius 1 is 1.17 bits per heavy atom. The van der Waals surface area contributed by atoms with E-state index < -0.39 is 11.6 Å². The molecular formula is C22H20F2N2O3. The number of carbonyl (C=O) groups is 1. The van der Waals surface area contributed by atoms with Gasteiger partial charge in [0.25, 0.3) is 0 Å². The molecule has 0 aliphatic heterocycles. The second-order valence-corrected chi connectivity index (χ2v) is 6.43. The molecule has 0 saturated carbocycles. The summed E-state index contributed by atoms with van der Waals surface area (Å²) in [4.78, 5) is 12.4. The number of carbonyl (C=O) groups excluding carboxylic acids is 1. The molecule has 0 saturated heterocycles. The minimum absolute atomic E-state index is 0.0169. The molecule has 0 amide bonds. The molecule has 0 aliphatic carbocycles. The SMILES string of the molecule is COc1ccc(/C=C/C(=O)c2cn(C)nc2C)cc1COc1ccc(F)cc1F. The van der Waals surface area contributed by atoms with E-state index in [1.807, 2.05) is 0 Å². The summed E-state index contributed by atoms with van der Waals surface area (Å²) in [6, 6.07) is 8.43. The van der Waals surface area contributed by atoms with Gasteiger partial charge in [-0.2, -0.15) is 5.10 Å². The number of methoxy groups -OCH3 is 1. The van der Waals surface area contributed by atoms with Crippen molar-refractivity contribution in [3.8, 4) is 11.5 Å². The van der Waals surface area contributed by atoms with E-state index in [0.717, 1.165) is 17.7 Å². The van der Waals surface area contributed by atoms with Crippen LogP contribution in [0.15, 0.2) is 48.7 Å². The summed E-state index contributed by atoms with van der Waals surface area (Å²) < 4.78 is 39.2. The van der Waals surface area contributed by atoms with Crippen molar-refractivity contribution in [3.63, 3.8) is 0 Å². The molecule has 0 N–H and O–H groups in total. The number of allylic oxidation sites excluding steroid dienone is 1. The van der Waals surface area contributed by atoms with Gasteiger partial charge in [-0.15, -0.1) is 0 Å². The predicted molar refractivity (Wildman–Crippen MR) is 105 cm³/mol. The van der Waals surface area contributed by atoms with Gasteiger partial charge >= 0.3 is 0 Å². The van der Waals surface area contributed by atoms with E-state index in [-0.39, 0.29) is 18.1 Å². The number of aromatic nitrogens is 2. The molecule has 0 bridgehead atoms. The van der Waals surface area contributed by atoms with Crippen molar-refractivity contribution in [3.05, 3.63) is 82.7 Å². The Morgan fingerprint density at radius 3 is 2.59 bits per heavy atom. The molecular weight excluding hydrogens is 378 g/mol. The molecule has 150 valence electrons. The number of nitrogens with zero attached hydrogens (tertiary/aromatic N) is 2. The highest BCUT2D eigenvalue weighted by Gasteiger charge is 2.11. The van der Waals surface area contributed by atoms with Crippen molar-refractivity contribution in [2.45, 2.75) is 13.5 Å². The molecule has 3 aromatic rings. The number of benzene rings is 2. The highest BCUT2D eigenvalue weighted by Crippen LogP contribution is 2.24. The fourth-order valence-corrected chi connectivity index (χ4v) is 2.87. The molecule has 29 heavy (non-hydrogen) atoms. The van der Waals surface area contributed by atoms with E-state index in [2.05, 4.69) is 5.10 Å². The van der Waals surface area contributed by atoms with Crippen LogP contribution < -0.4 is 9.47 Å². The normalized spacial score (nSPS) is 11.1. The van der Waals surface area contributed by atoms with E-state index in [1.165, 1.54) is 19.3 Å². The predicted octanol–water partition coefficient (Wildman–Crippen LogP) is 4.49. The lowest BCUT2D eigenvalue weighted by Crippen LogP contribution is -2.01. The molecule has 0 spiro atoms. The summed E-state index contributed by atoms with van der Waals surface area (Å²) in [5, 5.41) is 4.16. The fourth-order valence-electron chi connectivity index (χ4n) is 2.87. The number of ether oxygens (including phenoxy) is 2. The van der Waals surface area contributed by atoms with Crippen molar-refractivity contribution in [2.24, 2.45) is 7.05 Å². The zero-order chi connectivity index (χ0) is 21.0. The second-order valence-electron chi connectivity index (χ2n) is 6.43. The molecule has 0 aliphatic rings. The van der Waals surface area contributed by atoms with E-state index in [1.54, 1.807) is 49.1 Å². The Hall–Kier alpha value is -3.48. The molecule has 0 unspecified atom stereocenters. The quantitative estimate of drug-likeness (QED) is 0.435. The second kappa shape index (κ2) is 8.68. The van der Waals surface area contributed by atoms with Crippen molar-refractivity contribution in [1.82, 2.24) is 9.78 Å². The van der Waals surface area contributed by atoms with E-state index >= 15 is 0 Å². The molecule has 5 nitrogen and oxygen atoms in total. The van der Waals surface area contributed by atoms with Gasteiger partial charge in [0.2, 0.25) is 0 Å². The number of hydrogen-bond donors (Lipinski definition) is 0. The maximum absolute atomic E-state index is 13.8. The highest BCUT2D eigenvalue weighted by molar-refractivity contribution is 6.07. The molecule has 0 radical (unpaired) electrons. The average Bonchev–Trinajstić information content (AvgIpc) is 3.03. The summed E-state index contributed by atoms with van der Waals surface area (Å²) in [6.07, 6.45) is 4.82. The van der Waals surface area contributed by atoms with Crippen LogP contribution in [0.1, 0.15) is 27.2 Å². The molecule has 0 atom stereocenters. The topological polar surface area (TPSA) is 53.4 Å². The van der Waals surface area contributed by atoms with Crippen LogP contribution in [0.5, 0.6) is 11.5 Å². The van der Waals surface area contributed by atoms with Gasteiger partial charge in [-0.1, -0.05) is 12.1 Å². The van der Waals surface area contributed by atoms with Gasteiger partial charge in [-0.25, -0.2) is 8.78 Å². The van der Waals surface area contributed by atoms with E-state index in [9.17, 15) is 13.6 Å². The van der Waals surface area contributed by atoms with Crippen LogP contribution in [-0.4, -0.2) is 22.7 Å². The van der Waals surface area contributed by atoms with E-state index in [4.69, 9.17) is 9.47 Å². The summed E-state index contributed by atoms with van der Waals surface area (Å²) >= 11 is 0. The van der Waals surface area contributed by atoms with Crippen molar-refractivity contribution < 1.29 is 23.0 Å². The van der Waals surface area contributed by atoms with Crippen LogP contribution in [0.2, 0.25) is 0 Å². The fraction of sp³-hybridized carbons (Fsp3) is 0.182. The zero-order valence-electron chi connectivity index (χ0n) is 16.3. The molecule has 1 aromatic heterocycles. The summed E-state index contributed by atoms with van der Waals surface area (Å²) in [5.74, 6) is -1.11. The first kappa shape index (κ1) is 20.3. The van der Waals surface area contributed by atoms with Crippen LogP contribution in [0.25, 0.3) is 6.08 Å². The Bertz CT molecular complexity index is 1070. The van der Waals surface area contributed by atoms with Crippen LogP contribution >= 0.6 is 0 Å². The van der Waals surface area contributed by atoms with Gasteiger partial charge in [-0.05, 0) is 42.8 Å². The lowest BCUT2D eigenvalue weighted by Gasteiger charge is -2.12. The van der Waals surface area contributed by atoms with Crippen LogP contribution in [-0.2, 0) is 13.7 Å². The van der Waals surface area contributed by atoms with Crippen LogP contribution in [0.4, 0.5) is 8.78 Å². The molecule has 1 heterocycles. The maximum Gasteiger partial charge on any atom is 0.189 e. The van der Waals surface area contributed by atoms with Crippen molar-refractivity contribution in [1.29, 1.82) is 0 Å². The third kappa shape index (κ3) is 4.87. The Kier molecular flexibility index (Phi) is 6.07. The maximum atomic E-state index is 13.8. The monoisotopic (exact) mass is 398 g/mol. The minimum atomic E-state index is -0.780. The van der Waals surface area contributed by atoms with Gasteiger partial charge in [0.15, 0.2) is 17.3 Å². The molecule has 3 rings (SSSR count). The van der Waals surface area contributed by atoms with Gasteiger partial charge in [0, 0.05) is 24.9 Å².